The van der Waals surface area contributed by atoms with Gasteiger partial charge in [0.25, 0.3) is 0 Å². The highest BCUT2D eigenvalue weighted by molar-refractivity contribution is 8.00. The number of methoxy groups -OCH3 is 1. The highest BCUT2D eigenvalue weighted by Crippen LogP contribution is 2.30. The van der Waals surface area contributed by atoms with E-state index in [1.54, 1.807) is 0 Å². The molecule has 0 aliphatic carbocycles. The monoisotopic (exact) mass is 337 g/mol. The van der Waals surface area contributed by atoms with E-state index in [1.165, 1.54) is 12.7 Å². The Labute approximate surface area is 142 Å². The Balaban J connectivity index is 1.84. The van der Waals surface area contributed by atoms with Crippen LogP contribution in [-0.2, 0) is 16.1 Å². The Morgan fingerprint density at radius 3 is 2.77 bits per heavy atom. The lowest BCUT2D eigenvalue weighted by molar-refractivity contribution is -0.140. The van der Waals surface area contributed by atoms with Crippen LogP contribution in [0.1, 0.15) is 31.7 Å². The van der Waals surface area contributed by atoms with Gasteiger partial charge in [0, 0.05) is 30.0 Å². The van der Waals surface area contributed by atoms with Gasteiger partial charge in [-0.15, -0.1) is 0 Å². The molecule has 1 fully saturated rings. The minimum atomic E-state index is -0.135. The van der Waals surface area contributed by atoms with Gasteiger partial charge in [-0.2, -0.15) is 11.8 Å². The first-order chi connectivity index (χ1) is 10.6. The van der Waals surface area contributed by atoms with Crippen molar-refractivity contribution in [1.82, 2.24) is 4.90 Å². The van der Waals surface area contributed by atoms with E-state index in [0.717, 1.165) is 30.1 Å². The van der Waals surface area contributed by atoms with Gasteiger partial charge in [0.1, 0.15) is 0 Å². The molecule has 1 aromatic rings. The van der Waals surface area contributed by atoms with Crippen LogP contribution in [0.15, 0.2) is 30.3 Å². The van der Waals surface area contributed by atoms with Gasteiger partial charge in [0.05, 0.1) is 18.5 Å². The van der Waals surface area contributed by atoms with Gasteiger partial charge in [-0.3, -0.25) is 4.79 Å². The van der Waals surface area contributed by atoms with Gasteiger partial charge >= 0.3 is 5.97 Å². The smallest absolute Gasteiger partial charge is 0.306 e. The summed E-state index contributed by atoms with van der Waals surface area (Å²) in [6, 6.07) is 10.9. The van der Waals surface area contributed by atoms with Crippen LogP contribution in [0.4, 0.5) is 0 Å². The highest BCUT2D eigenvalue weighted by Gasteiger charge is 2.28. The summed E-state index contributed by atoms with van der Waals surface area (Å²) in [5.74, 6) is 0.676. The zero-order valence-corrected chi connectivity index (χ0v) is 14.8. The number of ether oxygens (including phenoxy) is 1. The molecule has 2 atom stereocenters. The summed E-state index contributed by atoms with van der Waals surface area (Å²) in [7, 11) is 1.44. The predicted molar refractivity (Wildman–Crippen MR) is 96.2 cm³/mol. The molecule has 22 heavy (non-hydrogen) atoms. The van der Waals surface area contributed by atoms with E-state index in [4.69, 9.17) is 12.2 Å². The predicted octanol–water partition coefficient (Wildman–Crippen LogP) is 3.66. The zero-order chi connectivity index (χ0) is 15.9. The van der Waals surface area contributed by atoms with Crippen molar-refractivity contribution in [3.05, 3.63) is 35.9 Å². The SMILES string of the molecule is COC(=O)CCS[C@@H]1CC(=S)N(Cc2ccccc2)[C@@H](C)C1. The second-order valence-corrected chi connectivity index (χ2v) is 7.49. The van der Waals surface area contributed by atoms with Crippen molar-refractivity contribution in [2.24, 2.45) is 0 Å². The summed E-state index contributed by atoms with van der Waals surface area (Å²) in [4.78, 5) is 14.5. The molecule has 0 unspecified atom stereocenters. The van der Waals surface area contributed by atoms with Crippen molar-refractivity contribution >= 4 is 34.9 Å². The van der Waals surface area contributed by atoms with Crippen LogP contribution in [0.5, 0.6) is 0 Å². The van der Waals surface area contributed by atoms with Crippen molar-refractivity contribution in [3.63, 3.8) is 0 Å². The Morgan fingerprint density at radius 1 is 1.41 bits per heavy atom. The number of thioether (sulfide) groups is 1. The quantitative estimate of drug-likeness (QED) is 0.584. The molecule has 0 amide bonds. The summed E-state index contributed by atoms with van der Waals surface area (Å²) in [5.41, 5.74) is 1.30. The van der Waals surface area contributed by atoms with E-state index in [-0.39, 0.29) is 5.97 Å². The molecule has 0 saturated carbocycles. The number of carbonyl (C=O) groups is 1. The van der Waals surface area contributed by atoms with Crippen molar-refractivity contribution in [3.8, 4) is 0 Å². The molecule has 1 heterocycles. The van der Waals surface area contributed by atoms with Crippen LogP contribution < -0.4 is 0 Å². The number of benzene rings is 1. The molecule has 0 radical (unpaired) electrons. The number of likely N-dealkylation sites (tertiary alicyclic amines) is 1. The Morgan fingerprint density at radius 2 is 2.14 bits per heavy atom. The van der Waals surface area contributed by atoms with E-state index >= 15 is 0 Å². The first kappa shape index (κ1) is 17.3. The maximum absolute atomic E-state index is 11.2. The molecular weight excluding hydrogens is 314 g/mol. The molecule has 5 heteroatoms. The van der Waals surface area contributed by atoms with E-state index in [9.17, 15) is 4.79 Å². The zero-order valence-electron chi connectivity index (χ0n) is 13.2. The van der Waals surface area contributed by atoms with Crippen LogP contribution in [-0.4, -0.2) is 40.0 Å². The maximum atomic E-state index is 11.2. The molecule has 1 saturated heterocycles. The number of piperidine rings is 1. The topological polar surface area (TPSA) is 29.5 Å². The lowest BCUT2D eigenvalue weighted by Gasteiger charge is -2.39. The Hall–Kier alpha value is -1.07. The van der Waals surface area contributed by atoms with Gasteiger partial charge < -0.3 is 9.64 Å². The Kier molecular flexibility index (Phi) is 6.70. The fraction of sp³-hybridized carbons (Fsp3) is 0.529. The third-order valence-electron chi connectivity index (χ3n) is 3.94. The van der Waals surface area contributed by atoms with Gasteiger partial charge in [-0.1, -0.05) is 42.5 Å². The standard InChI is InChI=1S/C17H23NO2S2/c1-13-10-15(22-9-8-17(19)20-2)11-16(21)18(13)12-14-6-4-3-5-7-14/h3-7,13,15H,8-12H2,1-2H3/t13-,15-/m0/s1. The van der Waals surface area contributed by atoms with Crippen molar-refractivity contribution < 1.29 is 9.53 Å². The van der Waals surface area contributed by atoms with Gasteiger partial charge in [0.2, 0.25) is 0 Å². The number of hydrogen-bond donors (Lipinski definition) is 0. The molecule has 0 aromatic heterocycles. The molecule has 0 N–H and O–H groups in total. The third-order valence-corrected chi connectivity index (χ3v) is 5.61. The molecule has 2 rings (SSSR count). The number of rotatable bonds is 6. The fourth-order valence-corrected chi connectivity index (χ4v) is 4.57. The molecular formula is C17H23NO2S2. The lowest BCUT2D eigenvalue weighted by atomic mass is 10.0. The number of nitrogens with zero attached hydrogens (tertiary/aromatic N) is 1. The van der Waals surface area contributed by atoms with E-state index in [0.29, 0.717) is 17.7 Å². The molecule has 1 aliphatic heterocycles. The van der Waals surface area contributed by atoms with Gasteiger partial charge in [-0.05, 0) is 18.9 Å². The van der Waals surface area contributed by atoms with Crippen LogP contribution in [0, 0.1) is 0 Å². The first-order valence-electron chi connectivity index (χ1n) is 7.62. The molecule has 0 bridgehead atoms. The van der Waals surface area contributed by atoms with E-state index < -0.39 is 0 Å². The van der Waals surface area contributed by atoms with E-state index in [1.807, 2.05) is 17.8 Å². The number of esters is 1. The lowest BCUT2D eigenvalue weighted by Crippen LogP contribution is -2.44. The molecule has 1 aliphatic rings. The summed E-state index contributed by atoms with van der Waals surface area (Å²) < 4.78 is 4.68. The summed E-state index contributed by atoms with van der Waals surface area (Å²) >= 11 is 7.47. The van der Waals surface area contributed by atoms with Crippen LogP contribution >= 0.6 is 24.0 Å². The van der Waals surface area contributed by atoms with Gasteiger partial charge in [0.15, 0.2) is 0 Å². The van der Waals surface area contributed by atoms with Crippen LogP contribution in [0.25, 0.3) is 0 Å². The molecule has 120 valence electrons. The highest BCUT2D eigenvalue weighted by atomic mass is 32.2. The number of hydrogen-bond acceptors (Lipinski definition) is 4. The number of thiocarbonyl (C=S) groups is 1. The molecule has 3 nitrogen and oxygen atoms in total. The number of carbonyl (C=O) groups excluding carboxylic acids is 1. The minimum Gasteiger partial charge on any atom is -0.469 e. The van der Waals surface area contributed by atoms with Crippen LogP contribution in [0.3, 0.4) is 0 Å². The third kappa shape index (κ3) is 4.99. The largest absolute Gasteiger partial charge is 0.469 e. The second kappa shape index (κ2) is 8.53. The normalized spacial score (nSPS) is 21.7. The van der Waals surface area contributed by atoms with Crippen molar-refractivity contribution in [2.45, 2.75) is 44.0 Å². The van der Waals surface area contributed by atoms with E-state index in [2.05, 4.69) is 40.8 Å². The average molecular weight is 338 g/mol. The first-order valence-corrected chi connectivity index (χ1v) is 9.07. The summed E-state index contributed by atoms with van der Waals surface area (Å²) in [6.07, 6.45) is 2.52. The second-order valence-electron chi connectivity index (χ2n) is 5.62. The summed E-state index contributed by atoms with van der Waals surface area (Å²) in [5, 5.41) is 0.513. The van der Waals surface area contributed by atoms with Gasteiger partial charge in [-0.25, -0.2) is 0 Å². The molecule has 0 spiro atoms. The van der Waals surface area contributed by atoms with Crippen molar-refractivity contribution in [2.75, 3.05) is 12.9 Å². The molecule has 1 aromatic carbocycles. The van der Waals surface area contributed by atoms with Crippen LogP contribution in [0.2, 0.25) is 0 Å². The van der Waals surface area contributed by atoms with Crippen molar-refractivity contribution in [1.29, 1.82) is 0 Å². The summed E-state index contributed by atoms with van der Waals surface area (Å²) in [6.45, 7) is 3.13. The fourth-order valence-electron chi connectivity index (χ4n) is 2.71. The minimum absolute atomic E-state index is 0.135. The average Bonchev–Trinajstić information content (AvgIpc) is 2.52. The Bertz CT molecular complexity index is 507. The maximum Gasteiger partial charge on any atom is 0.306 e.